The van der Waals surface area contributed by atoms with Gasteiger partial charge in [0.05, 0.1) is 6.54 Å². The van der Waals surface area contributed by atoms with Crippen LogP contribution in [0.5, 0.6) is 0 Å². The molecule has 0 fully saturated rings. The number of nitrogens with one attached hydrogen (secondary N) is 2. The summed E-state index contributed by atoms with van der Waals surface area (Å²) in [5.41, 5.74) is 3.50. The Morgan fingerprint density at radius 3 is 2.42 bits per heavy atom. The third-order valence-corrected chi connectivity index (χ3v) is 3.80. The molecule has 2 rings (SSSR count). The van der Waals surface area contributed by atoms with Gasteiger partial charge in [0.15, 0.2) is 5.78 Å². The molecule has 0 spiro atoms. The van der Waals surface area contributed by atoms with Crippen LogP contribution in [0, 0.1) is 12.3 Å². The van der Waals surface area contributed by atoms with Crippen LogP contribution < -0.4 is 5.32 Å². The lowest BCUT2D eigenvalue weighted by Gasteiger charge is -2.20. The van der Waals surface area contributed by atoms with Crippen LogP contribution in [0.1, 0.15) is 23.9 Å². The smallest absolute Gasteiger partial charge is 0.178 e. The highest BCUT2D eigenvalue weighted by molar-refractivity contribution is 6.45. The van der Waals surface area contributed by atoms with Gasteiger partial charge in [0.25, 0.3) is 0 Å². The lowest BCUT2D eigenvalue weighted by atomic mass is 9.95. The zero-order valence-corrected chi connectivity index (χ0v) is 15.5. The molecule has 26 heavy (non-hydrogen) atoms. The van der Waals surface area contributed by atoms with E-state index in [-0.39, 0.29) is 18.0 Å². The summed E-state index contributed by atoms with van der Waals surface area (Å²) in [4.78, 5) is 33.1. The standard InChI is InChI=1S/C19H23N5O2/c1-12(26)18(20)17-8-14(16-9-22-13(2)23-10-16)7-15(11-24(3)4)19(17)21-5-6-25/h6-10,20-21H,5,11H2,1-4H3. The number of Topliss-reactive ketones (excluding diaryl/α,β-unsaturated/α-hetero) is 1. The second kappa shape index (κ2) is 8.44. The summed E-state index contributed by atoms with van der Waals surface area (Å²) in [7, 11) is 3.86. The Kier molecular flexibility index (Phi) is 6.30. The van der Waals surface area contributed by atoms with E-state index >= 15 is 0 Å². The van der Waals surface area contributed by atoms with Gasteiger partial charge in [-0.25, -0.2) is 9.97 Å². The van der Waals surface area contributed by atoms with E-state index in [0.29, 0.717) is 23.6 Å². The number of aldehydes is 1. The highest BCUT2D eigenvalue weighted by Gasteiger charge is 2.18. The van der Waals surface area contributed by atoms with Gasteiger partial charge in [0, 0.05) is 42.7 Å². The normalized spacial score (nSPS) is 10.7. The third kappa shape index (κ3) is 4.58. The first-order chi connectivity index (χ1) is 12.3. The Morgan fingerprint density at radius 1 is 1.23 bits per heavy atom. The van der Waals surface area contributed by atoms with Gasteiger partial charge in [-0.2, -0.15) is 0 Å². The minimum absolute atomic E-state index is 0.103. The van der Waals surface area contributed by atoms with Crippen molar-refractivity contribution in [2.75, 3.05) is 26.0 Å². The first-order valence-electron chi connectivity index (χ1n) is 8.21. The van der Waals surface area contributed by atoms with Crippen molar-refractivity contribution < 1.29 is 9.59 Å². The molecule has 2 aromatic rings. The zero-order valence-electron chi connectivity index (χ0n) is 15.5. The van der Waals surface area contributed by atoms with Gasteiger partial charge >= 0.3 is 0 Å². The zero-order chi connectivity index (χ0) is 19.3. The highest BCUT2D eigenvalue weighted by Crippen LogP contribution is 2.30. The topological polar surface area (TPSA) is 99.0 Å². The molecule has 1 aromatic carbocycles. The van der Waals surface area contributed by atoms with E-state index < -0.39 is 0 Å². The number of benzene rings is 1. The summed E-state index contributed by atoms with van der Waals surface area (Å²) < 4.78 is 0. The molecule has 0 saturated heterocycles. The fraction of sp³-hybridized carbons (Fsp3) is 0.316. The van der Waals surface area contributed by atoms with Crippen molar-refractivity contribution in [1.82, 2.24) is 14.9 Å². The maximum Gasteiger partial charge on any atom is 0.178 e. The van der Waals surface area contributed by atoms with Gasteiger partial charge in [-0.3, -0.25) is 10.2 Å². The molecular formula is C19H23N5O2. The van der Waals surface area contributed by atoms with Crippen LogP contribution in [-0.2, 0) is 16.1 Å². The highest BCUT2D eigenvalue weighted by atomic mass is 16.1. The second-order valence-electron chi connectivity index (χ2n) is 6.29. The van der Waals surface area contributed by atoms with E-state index in [4.69, 9.17) is 5.41 Å². The van der Waals surface area contributed by atoms with E-state index in [1.54, 1.807) is 18.5 Å². The molecule has 7 heteroatoms. The maximum absolute atomic E-state index is 11.8. The number of carbonyl (C=O) groups excluding carboxylic acids is 2. The van der Waals surface area contributed by atoms with E-state index in [1.807, 2.05) is 32.0 Å². The summed E-state index contributed by atoms with van der Waals surface area (Å²) in [6, 6.07) is 3.74. The Bertz CT molecular complexity index is 829. The summed E-state index contributed by atoms with van der Waals surface area (Å²) >= 11 is 0. The minimum Gasteiger partial charge on any atom is -0.377 e. The van der Waals surface area contributed by atoms with E-state index in [0.717, 1.165) is 23.0 Å². The van der Waals surface area contributed by atoms with Crippen molar-refractivity contribution in [3.05, 3.63) is 41.5 Å². The van der Waals surface area contributed by atoms with E-state index in [9.17, 15) is 9.59 Å². The molecule has 1 aromatic heterocycles. The summed E-state index contributed by atoms with van der Waals surface area (Å²) in [6.45, 7) is 3.86. The fourth-order valence-electron chi connectivity index (χ4n) is 2.62. The average molecular weight is 353 g/mol. The first-order valence-corrected chi connectivity index (χ1v) is 8.21. The van der Waals surface area contributed by atoms with Gasteiger partial charge in [0.1, 0.15) is 17.8 Å². The molecule has 0 saturated carbocycles. The summed E-state index contributed by atoms with van der Waals surface area (Å²) in [6.07, 6.45) is 4.19. The number of nitrogens with zero attached hydrogens (tertiary/aromatic N) is 3. The summed E-state index contributed by atoms with van der Waals surface area (Å²) in [5, 5.41) is 11.3. The number of ketones is 1. The van der Waals surface area contributed by atoms with Crippen molar-refractivity contribution in [2.24, 2.45) is 0 Å². The van der Waals surface area contributed by atoms with Crippen LogP contribution in [-0.4, -0.2) is 53.3 Å². The monoisotopic (exact) mass is 353 g/mol. The van der Waals surface area contributed by atoms with E-state index in [2.05, 4.69) is 15.3 Å². The molecule has 0 amide bonds. The van der Waals surface area contributed by atoms with Crippen LogP contribution in [0.25, 0.3) is 11.1 Å². The molecule has 0 atom stereocenters. The lowest BCUT2D eigenvalue weighted by molar-refractivity contribution is -0.111. The van der Waals surface area contributed by atoms with Crippen LogP contribution in [0.2, 0.25) is 0 Å². The number of anilines is 1. The molecule has 7 nitrogen and oxygen atoms in total. The third-order valence-electron chi connectivity index (χ3n) is 3.80. The second-order valence-corrected chi connectivity index (χ2v) is 6.29. The Balaban J connectivity index is 2.68. The van der Waals surface area contributed by atoms with Crippen LogP contribution in [0.3, 0.4) is 0 Å². The predicted octanol–water partition coefficient (Wildman–Crippen LogP) is 2.08. The van der Waals surface area contributed by atoms with Crippen LogP contribution in [0.4, 0.5) is 5.69 Å². The largest absolute Gasteiger partial charge is 0.377 e. The molecule has 2 N–H and O–H groups in total. The Labute approximate surface area is 153 Å². The van der Waals surface area contributed by atoms with Crippen LogP contribution in [0.15, 0.2) is 24.5 Å². The molecule has 0 aliphatic carbocycles. The van der Waals surface area contributed by atoms with E-state index in [1.165, 1.54) is 6.92 Å². The van der Waals surface area contributed by atoms with Gasteiger partial charge in [-0.15, -0.1) is 0 Å². The van der Waals surface area contributed by atoms with Crippen molar-refractivity contribution in [2.45, 2.75) is 20.4 Å². The molecule has 0 aliphatic rings. The number of rotatable bonds is 8. The number of hydrogen-bond acceptors (Lipinski definition) is 7. The average Bonchev–Trinajstić information content (AvgIpc) is 2.59. The van der Waals surface area contributed by atoms with Crippen molar-refractivity contribution in [3.63, 3.8) is 0 Å². The number of carbonyl (C=O) groups is 2. The van der Waals surface area contributed by atoms with Crippen molar-refractivity contribution in [3.8, 4) is 11.1 Å². The first kappa shape index (κ1) is 19.4. The summed E-state index contributed by atoms with van der Waals surface area (Å²) in [5.74, 6) is 0.329. The van der Waals surface area contributed by atoms with Gasteiger partial charge in [0.2, 0.25) is 0 Å². The molecular weight excluding hydrogens is 330 g/mol. The van der Waals surface area contributed by atoms with Crippen molar-refractivity contribution in [1.29, 1.82) is 5.41 Å². The number of aromatic nitrogens is 2. The maximum atomic E-state index is 11.8. The van der Waals surface area contributed by atoms with Gasteiger partial charge in [-0.1, -0.05) is 0 Å². The molecule has 0 aliphatic heterocycles. The predicted molar refractivity (Wildman–Crippen MR) is 102 cm³/mol. The Hall–Kier alpha value is -2.93. The lowest BCUT2D eigenvalue weighted by Crippen LogP contribution is -2.19. The molecule has 0 radical (unpaired) electrons. The fourth-order valence-corrected chi connectivity index (χ4v) is 2.62. The van der Waals surface area contributed by atoms with Gasteiger partial charge in [-0.05, 0) is 44.3 Å². The van der Waals surface area contributed by atoms with Crippen LogP contribution >= 0.6 is 0 Å². The minimum atomic E-state index is -0.340. The molecule has 0 bridgehead atoms. The Morgan fingerprint density at radius 2 is 1.88 bits per heavy atom. The SMILES string of the molecule is CC(=O)C(=N)c1cc(-c2cnc(C)nc2)cc(CN(C)C)c1NCC=O. The molecule has 1 heterocycles. The van der Waals surface area contributed by atoms with Gasteiger partial charge < -0.3 is 15.0 Å². The molecule has 136 valence electrons. The molecule has 0 unspecified atom stereocenters. The van der Waals surface area contributed by atoms with Crippen molar-refractivity contribution >= 4 is 23.5 Å². The quantitative estimate of drug-likeness (QED) is 0.557. The number of hydrogen-bond donors (Lipinski definition) is 2. The number of aryl methyl sites for hydroxylation is 1.